The number of furan rings is 1. The van der Waals surface area contributed by atoms with Gasteiger partial charge in [-0.1, -0.05) is 0 Å². The molecule has 0 saturated heterocycles. The van der Waals surface area contributed by atoms with Gasteiger partial charge in [0.25, 0.3) is 5.91 Å². The molecule has 0 saturated carbocycles. The van der Waals surface area contributed by atoms with Crippen LogP contribution in [-0.4, -0.2) is 10.9 Å². The first-order chi connectivity index (χ1) is 8.20. The Morgan fingerprint density at radius 3 is 3.12 bits per heavy atom. The van der Waals surface area contributed by atoms with Crippen molar-refractivity contribution in [1.82, 2.24) is 10.3 Å². The minimum absolute atomic E-state index is 0.180. The molecule has 2 aromatic rings. The molecular weight excluding hydrogens is 238 g/mol. The summed E-state index contributed by atoms with van der Waals surface area (Å²) in [5.74, 6) is 0.498. The van der Waals surface area contributed by atoms with E-state index in [2.05, 4.69) is 10.3 Å². The first-order valence-electron chi connectivity index (χ1n) is 5.19. The number of carbonyl (C=O) groups is 1. The second-order valence-electron chi connectivity index (χ2n) is 3.54. The van der Waals surface area contributed by atoms with Gasteiger partial charge < -0.3 is 15.5 Å². The van der Waals surface area contributed by atoms with Crippen molar-refractivity contribution in [3.63, 3.8) is 0 Å². The van der Waals surface area contributed by atoms with Crippen molar-refractivity contribution in [2.24, 2.45) is 5.73 Å². The van der Waals surface area contributed by atoms with Gasteiger partial charge in [-0.2, -0.15) is 0 Å². The third kappa shape index (κ3) is 2.72. The van der Waals surface area contributed by atoms with Crippen LogP contribution >= 0.6 is 11.3 Å². The molecule has 1 unspecified atom stereocenters. The largest absolute Gasteiger partial charge is 0.467 e. The van der Waals surface area contributed by atoms with Crippen LogP contribution in [0.25, 0.3) is 0 Å². The Hall–Kier alpha value is -1.66. The second-order valence-corrected chi connectivity index (χ2v) is 4.48. The number of rotatable bonds is 4. The van der Waals surface area contributed by atoms with Gasteiger partial charge in [0.15, 0.2) is 0 Å². The van der Waals surface area contributed by atoms with E-state index >= 15 is 0 Å². The zero-order chi connectivity index (χ0) is 12.3. The second kappa shape index (κ2) is 5.11. The highest BCUT2D eigenvalue weighted by Crippen LogP contribution is 2.14. The van der Waals surface area contributed by atoms with Gasteiger partial charge >= 0.3 is 0 Å². The first-order valence-corrected chi connectivity index (χ1v) is 6.07. The number of carbonyl (C=O) groups excluding carboxylic acids is 1. The third-order valence-electron chi connectivity index (χ3n) is 2.28. The van der Waals surface area contributed by atoms with Crippen LogP contribution in [-0.2, 0) is 6.54 Å². The summed E-state index contributed by atoms with van der Waals surface area (Å²) in [4.78, 5) is 15.9. The van der Waals surface area contributed by atoms with E-state index < -0.39 is 0 Å². The van der Waals surface area contributed by atoms with Gasteiger partial charge in [0.1, 0.15) is 16.5 Å². The van der Waals surface area contributed by atoms with Crippen molar-refractivity contribution in [2.45, 2.75) is 19.5 Å². The highest BCUT2D eigenvalue weighted by atomic mass is 32.1. The number of thiazole rings is 1. The highest BCUT2D eigenvalue weighted by Gasteiger charge is 2.15. The number of hydrogen-bond donors (Lipinski definition) is 2. The van der Waals surface area contributed by atoms with Crippen molar-refractivity contribution >= 4 is 17.2 Å². The molecule has 2 heterocycles. The minimum Gasteiger partial charge on any atom is -0.467 e. The van der Waals surface area contributed by atoms with Crippen LogP contribution in [0.3, 0.4) is 0 Å². The number of nitrogens with one attached hydrogen (secondary N) is 1. The molecule has 5 nitrogen and oxygen atoms in total. The summed E-state index contributed by atoms with van der Waals surface area (Å²) in [5.41, 5.74) is 5.84. The standard InChI is InChI=1S/C11H13N3O2S/c1-7(9-3-2-4-16-9)13-11(15)8-6-17-10(5-12)14-8/h2-4,6-7H,5,12H2,1H3,(H,13,15). The van der Waals surface area contributed by atoms with Gasteiger partial charge in [-0.15, -0.1) is 11.3 Å². The molecule has 0 aliphatic rings. The van der Waals surface area contributed by atoms with Crippen molar-refractivity contribution in [1.29, 1.82) is 0 Å². The van der Waals surface area contributed by atoms with E-state index in [1.807, 2.05) is 13.0 Å². The Morgan fingerprint density at radius 1 is 1.71 bits per heavy atom. The van der Waals surface area contributed by atoms with E-state index in [-0.39, 0.29) is 11.9 Å². The summed E-state index contributed by atoms with van der Waals surface area (Å²) in [6.45, 7) is 2.21. The van der Waals surface area contributed by atoms with Crippen LogP contribution in [0.1, 0.15) is 34.2 Å². The number of nitrogens with two attached hydrogens (primary N) is 1. The molecule has 6 heteroatoms. The topological polar surface area (TPSA) is 81.2 Å². The molecule has 1 atom stereocenters. The van der Waals surface area contributed by atoms with E-state index in [9.17, 15) is 4.79 Å². The Labute approximate surface area is 103 Å². The van der Waals surface area contributed by atoms with Gasteiger partial charge in [0, 0.05) is 11.9 Å². The predicted octanol–water partition coefficient (Wildman–Crippen LogP) is 1.69. The van der Waals surface area contributed by atoms with Gasteiger partial charge in [-0.25, -0.2) is 4.98 Å². The molecule has 0 aliphatic heterocycles. The Morgan fingerprint density at radius 2 is 2.53 bits per heavy atom. The monoisotopic (exact) mass is 251 g/mol. The summed E-state index contributed by atoms with van der Waals surface area (Å²) in [6.07, 6.45) is 1.58. The number of amides is 1. The van der Waals surface area contributed by atoms with Gasteiger partial charge in [-0.05, 0) is 19.1 Å². The molecular formula is C11H13N3O2S. The van der Waals surface area contributed by atoms with Crippen LogP contribution in [0, 0.1) is 0 Å². The average molecular weight is 251 g/mol. The molecule has 0 fully saturated rings. The molecule has 0 bridgehead atoms. The van der Waals surface area contributed by atoms with E-state index in [0.717, 1.165) is 5.01 Å². The maximum absolute atomic E-state index is 11.8. The van der Waals surface area contributed by atoms with E-state index in [0.29, 0.717) is 18.0 Å². The Balaban J connectivity index is 2.01. The summed E-state index contributed by atoms with van der Waals surface area (Å²) < 4.78 is 5.21. The number of hydrogen-bond acceptors (Lipinski definition) is 5. The van der Waals surface area contributed by atoms with Crippen LogP contribution in [0.15, 0.2) is 28.2 Å². The maximum Gasteiger partial charge on any atom is 0.271 e. The average Bonchev–Trinajstić information content (AvgIpc) is 3.00. The molecule has 0 aromatic carbocycles. The smallest absolute Gasteiger partial charge is 0.271 e. The maximum atomic E-state index is 11.8. The van der Waals surface area contributed by atoms with E-state index in [4.69, 9.17) is 10.2 Å². The van der Waals surface area contributed by atoms with Gasteiger partial charge in [0.2, 0.25) is 0 Å². The van der Waals surface area contributed by atoms with Crippen molar-refractivity contribution in [3.05, 3.63) is 40.2 Å². The zero-order valence-electron chi connectivity index (χ0n) is 9.34. The molecule has 0 aliphatic carbocycles. The van der Waals surface area contributed by atoms with Crippen molar-refractivity contribution < 1.29 is 9.21 Å². The molecule has 90 valence electrons. The molecule has 2 rings (SSSR count). The molecule has 3 N–H and O–H groups in total. The first kappa shape index (κ1) is 11.8. The molecule has 1 amide bonds. The molecule has 0 radical (unpaired) electrons. The van der Waals surface area contributed by atoms with Crippen LogP contribution in [0.4, 0.5) is 0 Å². The minimum atomic E-state index is -0.218. The number of nitrogens with zero attached hydrogens (tertiary/aromatic N) is 1. The fourth-order valence-corrected chi connectivity index (χ4v) is 2.04. The lowest BCUT2D eigenvalue weighted by atomic mass is 10.2. The Bertz CT molecular complexity index is 493. The van der Waals surface area contributed by atoms with Crippen LogP contribution < -0.4 is 11.1 Å². The fraction of sp³-hybridized carbons (Fsp3) is 0.273. The SMILES string of the molecule is CC(NC(=O)c1csc(CN)n1)c1ccco1. The lowest BCUT2D eigenvalue weighted by Crippen LogP contribution is -2.26. The van der Waals surface area contributed by atoms with E-state index in [1.165, 1.54) is 11.3 Å². The van der Waals surface area contributed by atoms with Crippen molar-refractivity contribution in [3.8, 4) is 0 Å². The van der Waals surface area contributed by atoms with Crippen LogP contribution in [0.2, 0.25) is 0 Å². The van der Waals surface area contributed by atoms with Gasteiger partial charge in [-0.3, -0.25) is 4.79 Å². The summed E-state index contributed by atoms with van der Waals surface area (Å²) in [5, 5.41) is 5.26. The highest BCUT2D eigenvalue weighted by molar-refractivity contribution is 7.09. The molecule has 17 heavy (non-hydrogen) atoms. The van der Waals surface area contributed by atoms with Crippen LogP contribution in [0.5, 0.6) is 0 Å². The van der Waals surface area contributed by atoms with E-state index in [1.54, 1.807) is 17.7 Å². The van der Waals surface area contributed by atoms with Gasteiger partial charge in [0.05, 0.1) is 12.3 Å². The van der Waals surface area contributed by atoms with Crippen molar-refractivity contribution in [2.75, 3.05) is 0 Å². The number of aromatic nitrogens is 1. The quantitative estimate of drug-likeness (QED) is 0.866. The fourth-order valence-electron chi connectivity index (χ4n) is 1.39. The third-order valence-corrected chi connectivity index (χ3v) is 3.15. The Kier molecular flexibility index (Phi) is 3.55. The zero-order valence-corrected chi connectivity index (χ0v) is 10.2. The predicted molar refractivity (Wildman–Crippen MR) is 64.6 cm³/mol. The molecule has 2 aromatic heterocycles. The lowest BCUT2D eigenvalue weighted by molar-refractivity contribution is 0.0931. The summed E-state index contributed by atoms with van der Waals surface area (Å²) >= 11 is 1.38. The molecule has 0 spiro atoms. The normalized spacial score (nSPS) is 12.4. The summed E-state index contributed by atoms with van der Waals surface area (Å²) in [6, 6.07) is 3.42. The summed E-state index contributed by atoms with van der Waals surface area (Å²) in [7, 11) is 0. The lowest BCUT2D eigenvalue weighted by Gasteiger charge is -2.09.